The molecule has 0 saturated carbocycles. The Bertz CT molecular complexity index is 881. The molecule has 26 heavy (non-hydrogen) atoms. The number of halogens is 1. The Morgan fingerprint density at radius 1 is 1.15 bits per heavy atom. The zero-order valence-electron chi connectivity index (χ0n) is 14.8. The number of carbonyl (C=O) groups is 1. The Morgan fingerprint density at radius 2 is 1.81 bits per heavy atom. The highest BCUT2D eigenvalue weighted by Crippen LogP contribution is 2.24. The molecule has 0 unspecified atom stereocenters. The number of carbonyl (C=O) groups excluding carboxylic acids is 1. The van der Waals surface area contributed by atoms with E-state index < -0.39 is 10.0 Å². The van der Waals surface area contributed by atoms with E-state index in [1.807, 2.05) is 19.1 Å². The summed E-state index contributed by atoms with van der Waals surface area (Å²) in [5.74, 6) is 0.261. The van der Waals surface area contributed by atoms with Crippen molar-refractivity contribution in [1.82, 2.24) is 9.62 Å². The number of hydrogen-bond donors (Lipinski definition) is 1. The number of ether oxygens (including phenoxy) is 1. The first kappa shape index (κ1) is 20.2. The summed E-state index contributed by atoms with van der Waals surface area (Å²) in [6, 6.07) is 11.2. The second-order valence-electron chi connectivity index (χ2n) is 5.85. The van der Waals surface area contributed by atoms with Gasteiger partial charge in [-0.15, -0.1) is 0 Å². The largest absolute Gasteiger partial charge is 0.490 e. The van der Waals surface area contributed by atoms with Crippen LogP contribution in [0.5, 0.6) is 5.75 Å². The van der Waals surface area contributed by atoms with Gasteiger partial charge in [0.15, 0.2) is 0 Å². The fraction of sp³-hybridized carbons (Fsp3) is 0.278. The molecule has 2 aromatic rings. The van der Waals surface area contributed by atoms with E-state index in [2.05, 4.69) is 5.32 Å². The van der Waals surface area contributed by atoms with Gasteiger partial charge in [0.05, 0.1) is 16.5 Å². The van der Waals surface area contributed by atoms with Crippen molar-refractivity contribution in [2.24, 2.45) is 0 Å². The first-order valence-electron chi connectivity index (χ1n) is 7.91. The standard InChI is InChI=1S/C18H21ClN2O4S/c1-13-4-9-16(19)17(12-13)25-11-10-20-18(22)14-5-7-15(8-6-14)26(23,24)21(2)3/h4-9,12H,10-11H2,1-3H3,(H,20,22). The quantitative estimate of drug-likeness (QED) is 0.730. The summed E-state index contributed by atoms with van der Waals surface area (Å²) in [7, 11) is -0.600. The summed E-state index contributed by atoms with van der Waals surface area (Å²) in [5, 5.41) is 3.23. The normalized spacial score (nSPS) is 11.4. The lowest BCUT2D eigenvalue weighted by Gasteiger charge is -2.12. The number of sulfonamides is 1. The number of nitrogens with one attached hydrogen (secondary N) is 1. The van der Waals surface area contributed by atoms with E-state index >= 15 is 0 Å². The van der Waals surface area contributed by atoms with Gasteiger partial charge in [-0.05, 0) is 48.9 Å². The highest BCUT2D eigenvalue weighted by atomic mass is 35.5. The van der Waals surface area contributed by atoms with Crippen LogP contribution in [0, 0.1) is 6.92 Å². The Balaban J connectivity index is 1.89. The molecule has 0 aromatic heterocycles. The zero-order valence-corrected chi connectivity index (χ0v) is 16.4. The number of hydrogen-bond acceptors (Lipinski definition) is 4. The van der Waals surface area contributed by atoms with Gasteiger partial charge in [0.25, 0.3) is 5.91 Å². The average Bonchev–Trinajstić information content (AvgIpc) is 2.61. The lowest BCUT2D eigenvalue weighted by Crippen LogP contribution is -2.28. The van der Waals surface area contributed by atoms with E-state index in [1.54, 1.807) is 6.07 Å². The molecule has 2 aromatic carbocycles. The molecule has 0 spiro atoms. The third-order valence-corrected chi connectivity index (χ3v) is 5.77. The summed E-state index contributed by atoms with van der Waals surface area (Å²) in [5.41, 5.74) is 1.40. The second kappa shape index (κ2) is 8.53. The molecule has 0 radical (unpaired) electrons. The van der Waals surface area contributed by atoms with Crippen LogP contribution in [0.25, 0.3) is 0 Å². The smallest absolute Gasteiger partial charge is 0.251 e. The Labute approximate surface area is 158 Å². The molecule has 0 atom stereocenters. The summed E-state index contributed by atoms with van der Waals surface area (Å²) in [4.78, 5) is 12.3. The number of benzene rings is 2. The van der Waals surface area contributed by atoms with Crippen LogP contribution >= 0.6 is 11.6 Å². The second-order valence-corrected chi connectivity index (χ2v) is 8.41. The van der Waals surface area contributed by atoms with E-state index in [-0.39, 0.29) is 17.4 Å². The molecular weight excluding hydrogens is 376 g/mol. The first-order chi connectivity index (χ1) is 12.2. The number of amides is 1. The molecule has 0 saturated heterocycles. The summed E-state index contributed by atoms with van der Waals surface area (Å²) in [6.45, 7) is 2.49. The van der Waals surface area contributed by atoms with Crippen LogP contribution in [-0.2, 0) is 10.0 Å². The van der Waals surface area contributed by atoms with E-state index in [0.29, 0.717) is 22.9 Å². The molecule has 2 rings (SSSR count). The van der Waals surface area contributed by atoms with Crippen molar-refractivity contribution in [1.29, 1.82) is 0 Å². The van der Waals surface area contributed by atoms with Crippen molar-refractivity contribution in [3.05, 3.63) is 58.6 Å². The average molecular weight is 397 g/mol. The van der Waals surface area contributed by atoms with E-state index in [0.717, 1.165) is 9.87 Å². The molecule has 1 N–H and O–H groups in total. The highest BCUT2D eigenvalue weighted by Gasteiger charge is 2.17. The van der Waals surface area contributed by atoms with E-state index in [9.17, 15) is 13.2 Å². The fourth-order valence-corrected chi connectivity index (χ4v) is 3.21. The minimum Gasteiger partial charge on any atom is -0.490 e. The van der Waals surface area contributed by atoms with Gasteiger partial charge in [0, 0.05) is 19.7 Å². The fourth-order valence-electron chi connectivity index (χ4n) is 2.14. The van der Waals surface area contributed by atoms with Crippen molar-refractivity contribution in [2.75, 3.05) is 27.2 Å². The van der Waals surface area contributed by atoms with Crippen molar-refractivity contribution in [3.63, 3.8) is 0 Å². The van der Waals surface area contributed by atoms with Gasteiger partial charge in [0.2, 0.25) is 10.0 Å². The molecule has 0 aliphatic carbocycles. The molecule has 0 bridgehead atoms. The molecule has 0 aliphatic heterocycles. The molecule has 1 amide bonds. The predicted molar refractivity (Wildman–Crippen MR) is 101 cm³/mol. The van der Waals surface area contributed by atoms with Gasteiger partial charge in [0.1, 0.15) is 12.4 Å². The van der Waals surface area contributed by atoms with Crippen LogP contribution in [0.15, 0.2) is 47.4 Å². The molecule has 0 fully saturated rings. The number of aryl methyl sites for hydroxylation is 1. The Morgan fingerprint density at radius 3 is 2.42 bits per heavy atom. The lowest BCUT2D eigenvalue weighted by molar-refractivity contribution is 0.0947. The lowest BCUT2D eigenvalue weighted by atomic mass is 10.2. The van der Waals surface area contributed by atoms with Crippen LogP contribution in [-0.4, -0.2) is 45.9 Å². The van der Waals surface area contributed by atoms with Crippen LogP contribution in [0.2, 0.25) is 5.02 Å². The van der Waals surface area contributed by atoms with Gasteiger partial charge >= 0.3 is 0 Å². The molecule has 6 nitrogen and oxygen atoms in total. The molecule has 140 valence electrons. The van der Waals surface area contributed by atoms with E-state index in [4.69, 9.17) is 16.3 Å². The monoisotopic (exact) mass is 396 g/mol. The topological polar surface area (TPSA) is 75.7 Å². The van der Waals surface area contributed by atoms with Crippen LogP contribution in [0.1, 0.15) is 15.9 Å². The van der Waals surface area contributed by atoms with Gasteiger partial charge in [-0.25, -0.2) is 12.7 Å². The first-order valence-corrected chi connectivity index (χ1v) is 9.73. The van der Waals surface area contributed by atoms with Crippen LogP contribution < -0.4 is 10.1 Å². The maximum atomic E-state index is 12.1. The third-order valence-electron chi connectivity index (χ3n) is 3.63. The molecular formula is C18H21ClN2O4S. The number of nitrogens with zero attached hydrogens (tertiary/aromatic N) is 1. The maximum absolute atomic E-state index is 12.1. The summed E-state index contributed by atoms with van der Waals surface area (Å²) < 4.78 is 30.7. The minimum absolute atomic E-state index is 0.136. The molecule has 0 aliphatic rings. The predicted octanol–water partition coefficient (Wildman–Crippen LogP) is 2.71. The Kier molecular flexibility index (Phi) is 6.63. The highest BCUT2D eigenvalue weighted by molar-refractivity contribution is 7.89. The number of rotatable bonds is 7. The van der Waals surface area contributed by atoms with Crippen molar-refractivity contribution in [2.45, 2.75) is 11.8 Å². The molecule has 8 heteroatoms. The van der Waals surface area contributed by atoms with Crippen molar-refractivity contribution in [3.8, 4) is 5.75 Å². The van der Waals surface area contributed by atoms with Crippen molar-refractivity contribution >= 4 is 27.5 Å². The summed E-state index contributed by atoms with van der Waals surface area (Å²) >= 11 is 6.04. The van der Waals surface area contributed by atoms with Gasteiger partial charge in [-0.1, -0.05) is 17.7 Å². The third kappa shape index (κ3) is 4.97. The maximum Gasteiger partial charge on any atom is 0.251 e. The summed E-state index contributed by atoms with van der Waals surface area (Å²) in [6.07, 6.45) is 0. The minimum atomic E-state index is -3.51. The molecule has 0 heterocycles. The van der Waals surface area contributed by atoms with Crippen molar-refractivity contribution < 1.29 is 17.9 Å². The van der Waals surface area contributed by atoms with Gasteiger partial charge in [-0.3, -0.25) is 4.79 Å². The van der Waals surface area contributed by atoms with Crippen LogP contribution in [0.3, 0.4) is 0 Å². The zero-order chi connectivity index (χ0) is 19.3. The van der Waals surface area contributed by atoms with E-state index in [1.165, 1.54) is 38.4 Å². The van der Waals surface area contributed by atoms with Gasteiger partial charge in [-0.2, -0.15) is 0 Å². The van der Waals surface area contributed by atoms with Gasteiger partial charge < -0.3 is 10.1 Å². The SMILES string of the molecule is Cc1ccc(Cl)c(OCCNC(=O)c2ccc(S(=O)(=O)N(C)C)cc2)c1. The Hall–Kier alpha value is -2.09. The van der Waals surface area contributed by atoms with Crippen LogP contribution in [0.4, 0.5) is 0 Å².